The van der Waals surface area contributed by atoms with Crippen LogP contribution in [-0.2, 0) is 10.8 Å². The highest BCUT2D eigenvalue weighted by Crippen LogP contribution is 2.32. The molecule has 18 heavy (non-hydrogen) atoms. The molecule has 1 aliphatic rings. The van der Waals surface area contributed by atoms with Gasteiger partial charge in [-0.15, -0.1) is 0 Å². The highest BCUT2D eigenvalue weighted by molar-refractivity contribution is 7.85. The van der Waals surface area contributed by atoms with Crippen molar-refractivity contribution in [3.05, 3.63) is 23.8 Å². The molecular formula is C13H16O4S. The molecule has 1 aliphatic heterocycles. The molecule has 0 amide bonds. The smallest absolute Gasteiger partial charge is 0.231 e. The molecule has 0 aromatic heterocycles. The van der Waals surface area contributed by atoms with Crippen LogP contribution in [0.5, 0.6) is 11.5 Å². The first-order chi connectivity index (χ1) is 8.56. The average molecular weight is 268 g/mol. The van der Waals surface area contributed by atoms with Crippen LogP contribution in [0.3, 0.4) is 0 Å². The number of benzene rings is 1. The van der Waals surface area contributed by atoms with Crippen molar-refractivity contribution in [1.82, 2.24) is 0 Å². The van der Waals surface area contributed by atoms with Crippen molar-refractivity contribution in [2.75, 3.05) is 18.3 Å². The molecule has 0 spiro atoms. The van der Waals surface area contributed by atoms with Gasteiger partial charge in [-0.05, 0) is 24.1 Å². The molecule has 1 atom stereocenters. The Hall–Kier alpha value is -1.36. The van der Waals surface area contributed by atoms with Crippen LogP contribution in [0.4, 0.5) is 0 Å². The summed E-state index contributed by atoms with van der Waals surface area (Å²) in [6.07, 6.45) is 0. The van der Waals surface area contributed by atoms with Gasteiger partial charge in [-0.3, -0.25) is 9.00 Å². The second-order valence-corrected chi connectivity index (χ2v) is 6.14. The molecule has 0 aliphatic carbocycles. The minimum Gasteiger partial charge on any atom is -0.454 e. The lowest BCUT2D eigenvalue weighted by molar-refractivity contribution is 0.102. The van der Waals surface area contributed by atoms with E-state index in [1.807, 2.05) is 13.8 Å². The van der Waals surface area contributed by atoms with E-state index in [0.717, 1.165) is 0 Å². The lowest BCUT2D eigenvalue weighted by Gasteiger charge is -2.05. The summed E-state index contributed by atoms with van der Waals surface area (Å²) in [6, 6.07) is 5.04. The second-order valence-electron chi connectivity index (χ2n) is 4.64. The molecule has 1 unspecified atom stereocenters. The van der Waals surface area contributed by atoms with Crippen molar-refractivity contribution < 1.29 is 18.5 Å². The summed E-state index contributed by atoms with van der Waals surface area (Å²) in [7, 11) is -1.10. The largest absolute Gasteiger partial charge is 0.454 e. The Bertz CT molecular complexity index is 482. The van der Waals surface area contributed by atoms with Gasteiger partial charge in [-0.1, -0.05) is 13.8 Å². The molecule has 0 N–H and O–H groups in total. The van der Waals surface area contributed by atoms with Gasteiger partial charge in [0.05, 0.1) is 5.75 Å². The molecule has 98 valence electrons. The van der Waals surface area contributed by atoms with Crippen molar-refractivity contribution in [2.45, 2.75) is 13.8 Å². The van der Waals surface area contributed by atoms with Crippen molar-refractivity contribution in [3.8, 4) is 11.5 Å². The quantitative estimate of drug-likeness (QED) is 0.766. The minimum atomic E-state index is -1.10. The Kier molecular flexibility index (Phi) is 4.01. The van der Waals surface area contributed by atoms with Gasteiger partial charge in [0, 0.05) is 22.1 Å². The first kappa shape index (κ1) is 13.1. The summed E-state index contributed by atoms with van der Waals surface area (Å²) in [5, 5.41) is 0. The molecular weight excluding hydrogens is 252 g/mol. The number of ether oxygens (including phenoxy) is 2. The van der Waals surface area contributed by atoms with E-state index in [1.165, 1.54) is 0 Å². The maximum atomic E-state index is 11.9. The van der Waals surface area contributed by atoms with E-state index in [0.29, 0.717) is 28.7 Å². The van der Waals surface area contributed by atoms with Crippen molar-refractivity contribution in [2.24, 2.45) is 5.92 Å². The predicted molar refractivity (Wildman–Crippen MR) is 69.6 cm³/mol. The molecule has 0 saturated heterocycles. The number of hydrogen-bond donors (Lipinski definition) is 0. The summed E-state index contributed by atoms with van der Waals surface area (Å²) in [5.41, 5.74) is 0.524. The Labute approximate surface area is 109 Å². The van der Waals surface area contributed by atoms with Crippen LogP contribution in [0, 0.1) is 5.92 Å². The van der Waals surface area contributed by atoms with E-state index < -0.39 is 10.8 Å². The fourth-order valence-electron chi connectivity index (χ4n) is 1.73. The fraction of sp³-hybridized carbons (Fsp3) is 0.462. The standard InChI is InChI=1S/C13H16O4S/c1-9(2)6-18(15)7-11(14)10-3-4-12-13(5-10)17-8-16-12/h3-5,9H,6-8H2,1-2H3. The minimum absolute atomic E-state index is 0.0673. The molecule has 2 rings (SSSR count). The van der Waals surface area contributed by atoms with Gasteiger partial charge < -0.3 is 9.47 Å². The van der Waals surface area contributed by atoms with Crippen LogP contribution in [0.15, 0.2) is 18.2 Å². The summed E-state index contributed by atoms with van der Waals surface area (Å²) in [6.45, 7) is 4.16. The zero-order chi connectivity index (χ0) is 13.1. The first-order valence-electron chi connectivity index (χ1n) is 5.84. The molecule has 0 bridgehead atoms. The van der Waals surface area contributed by atoms with Gasteiger partial charge in [0.25, 0.3) is 0 Å². The van der Waals surface area contributed by atoms with Gasteiger partial charge >= 0.3 is 0 Å². The lowest BCUT2D eigenvalue weighted by Crippen LogP contribution is -2.15. The highest BCUT2D eigenvalue weighted by atomic mass is 32.2. The molecule has 1 heterocycles. The molecule has 5 heteroatoms. The summed E-state index contributed by atoms with van der Waals surface area (Å²) in [5.74, 6) is 2.06. The maximum Gasteiger partial charge on any atom is 0.231 e. The lowest BCUT2D eigenvalue weighted by atomic mass is 10.1. The van der Waals surface area contributed by atoms with Crippen LogP contribution in [-0.4, -0.2) is 28.3 Å². The molecule has 0 saturated carbocycles. The number of fused-ring (bicyclic) bond motifs is 1. The van der Waals surface area contributed by atoms with Gasteiger partial charge in [0.1, 0.15) is 0 Å². The Morgan fingerprint density at radius 2 is 2.06 bits per heavy atom. The zero-order valence-corrected chi connectivity index (χ0v) is 11.3. The number of carbonyl (C=O) groups is 1. The van der Waals surface area contributed by atoms with E-state index in [-0.39, 0.29) is 18.3 Å². The normalized spacial score (nSPS) is 14.8. The molecule has 0 fully saturated rings. The number of hydrogen-bond acceptors (Lipinski definition) is 4. The molecule has 1 aromatic rings. The fourth-order valence-corrected chi connectivity index (χ4v) is 3.05. The molecule has 4 nitrogen and oxygen atoms in total. The third kappa shape index (κ3) is 3.10. The Morgan fingerprint density at radius 3 is 2.78 bits per heavy atom. The zero-order valence-electron chi connectivity index (χ0n) is 10.5. The van der Waals surface area contributed by atoms with Crippen LogP contribution in [0.2, 0.25) is 0 Å². The number of carbonyl (C=O) groups excluding carboxylic acids is 1. The Balaban J connectivity index is 2.03. The van der Waals surface area contributed by atoms with Gasteiger partial charge in [0.15, 0.2) is 17.3 Å². The van der Waals surface area contributed by atoms with E-state index in [4.69, 9.17) is 9.47 Å². The van der Waals surface area contributed by atoms with E-state index >= 15 is 0 Å². The SMILES string of the molecule is CC(C)CS(=O)CC(=O)c1ccc2c(c1)OCO2. The van der Waals surface area contributed by atoms with E-state index in [9.17, 15) is 9.00 Å². The summed E-state index contributed by atoms with van der Waals surface area (Å²) in [4.78, 5) is 11.9. The first-order valence-corrected chi connectivity index (χ1v) is 7.33. The van der Waals surface area contributed by atoms with E-state index in [2.05, 4.69) is 0 Å². The Morgan fingerprint density at radius 1 is 1.33 bits per heavy atom. The van der Waals surface area contributed by atoms with Gasteiger partial charge in [-0.2, -0.15) is 0 Å². The van der Waals surface area contributed by atoms with Crippen molar-refractivity contribution in [1.29, 1.82) is 0 Å². The predicted octanol–water partition coefficient (Wildman–Crippen LogP) is 2.00. The summed E-state index contributed by atoms with van der Waals surface area (Å²) < 4.78 is 22.1. The highest BCUT2D eigenvalue weighted by Gasteiger charge is 2.17. The third-order valence-corrected chi connectivity index (χ3v) is 4.13. The number of ketones is 1. The van der Waals surface area contributed by atoms with Crippen molar-refractivity contribution in [3.63, 3.8) is 0 Å². The van der Waals surface area contributed by atoms with Crippen LogP contribution >= 0.6 is 0 Å². The van der Waals surface area contributed by atoms with Crippen molar-refractivity contribution >= 4 is 16.6 Å². The van der Waals surface area contributed by atoms with E-state index in [1.54, 1.807) is 18.2 Å². The van der Waals surface area contributed by atoms with Crippen LogP contribution in [0.1, 0.15) is 24.2 Å². The topological polar surface area (TPSA) is 52.6 Å². The number of Topliss-reactive ketones (excluding diaryl/α,β-unsaturated/α-hetero) is 1. The number of rotatable bonds is 5. The molecule has 0 radical (unpaired) electrons. The monoisotopic (exact) mass is 268 g/mol. The van der Waals surface area contributed by atoms with Gasteiger partial charge in [0.2, 0.25) is 6.79 Å². The maximum absolute atomic E-state index is 11.9. The van der Waals surface area contributed by atoms with Gasteiger partial charge in [-0.25, -0.2) is 0 Å². The second kappa shape index (κ2) is 5.52. The molecule has 1 aromatic carbocycles. The third-order valence-electron chi connectivity index (χ3n) is 2.51. The van der Waals surface area contributed by atoms with Crippen LogP contribution < -0.4 is 9.47 Å². The summed E-state index contributed by atoms with van der Waals surface area (Å²) >= 11 is 0. The van der Waals surface area contributed by atoms with Crippen LogP contribution in [0.25, 0.3) is 0 Å². The average Bonchev–Trinajstić information content (AvgIpc) is 2.74.